The normalized spacial score (nSPS) is 32.7. The summed E-state index contributed by atoms with van der Waals surface area (Å²) in [6.07, 6.45) is 1.10. The van der Waals surface area contributed by atoms with Gasteiger partial charge in [-0.25, -0.2) is 0 Å². The van der Waals surface area contributed by atoms with Crippen LogP contribution in [0, 0.1) is 5.92 Å². The average Bonchev–Trinajstić information content (AvgIpc) is 2.11. The summed E-state index contributed by atoms with van der Waals surface area (Å²) in [5.74, 6) is -0.483. The summed E-state index contributed by atoms with van der Waals surface area (Å²) in [5.41, 5.74) is -0.610. The van der Waals surface area contributed by atoms with Crippen LogP contribution >= 0.6 is 0 Å². The lowest BCUT2D eigenvalue weighted by molar-refractivity contribution is -0.239. The SMILES string of the molecule is CC(OS(C)(=O)=O)[C@@H]1C(=O)N2C1CCOC2(C)C. The van der Waals surface area contributed by atoms with Crippen LogP contribution in [0.25, 0.3) is 0 Å². The fourth-order valence-corrected chi connectivity index (χ4v) is 3.56. The molecule has 2 unspecified atom stereocenters. The third-order valence-corrected chi connectivity index (χ3v) is 4.20. The molecule has 2 aliphatic rings. The molecule has 7 heteroatoms. The fourth-order valence-electron chi connectivity index (χ4n) is 2.89. The van der Waals surface area contributed by atoms with E-state index in [9.17, 15) is 13.2 Å². The zero-order chi connectivity index (χ0) is 13.7. The van der Waals surface area contributed by atoms with Gasteiger partial charge in [0.1, 0.15) is 5.72 Å². The second-order valence-corrected chi connectivity index (χ2v) is 6.99. The molecule has 0 spiro atoms. The Morgan fingerprint density at radius 1 is 1.50 bits per heavy atom. The summed E-state index contributed by atoms with van der Waals surface area (Å²) in [5, 5.41) is 0. The molecule has 18 heavy (non-hydrogen) atoms. The van der Waals surface area contributed by atoms with Gasteiger partial charge in [-0.3, -0.25) is 8.98 Å². The van der Waals surface area contributed by atoms with Gasteiger partial charge in [0, 0.05) is 0 Å². The lowest BCUT2D eigenvalue weighted by atomic mass is 9.79. The molecule has 0 aliphatic carbocycles. The Labute approximate surface area is 107 Å². The van der Waals surface area contributed by atoms with E-state index in [0.29, 0.717) is 6.61 Å². The van der Waals surface area contributed by atoms with Gasteiger partial charge in [0.25, 0.3) is 10.1 Å². The number of rotatable bonds is 3. The van der Waals surface area contributed by atoms with Crippen molar-refractivity contribution in [1.82, 2.24) is 4.90 Å². The number of ether oxygens (including phenoxy) is 1. The van der Waals surface area contributed by atoms with Crippen molar-refractivity contribution in [3.8, 4) is 0 Å². The molecule has 0 bridgehead atoms. The van der Waals surface area contributed by atoms with Crippen LogP contribution in [0.2, 0.25) is 0 Å². The van der Waals surface area contributed by atoms with Crippen molar-refractivity contribution < 1.29 is 22.1 Å². The number of fused-ring (bicyclic) bond motifs is 1. The Morgan fingerprint density at radius 3 is 2.67 bits per heavy atom. The summed E-state index contributed by atoms with van der Waals surface area (Å²) in [6, 6.07) is 0.0120. The van der Waals surface area contributed by atoms with Gasteiger partial charge < -0.3 is 9.64 Å². The molecule has 0 radical (unpaired) electrons. The number of amides is 1. The Balaban J connectivity index is 2.12. The molecule has 1 amide bonds. The maximum absolute atomic E-state index is 12.1. The molecular formula is C11H19NO5S. The van der Waals surface area contributed by atoms with Crippen molar-refractivity contribution in [3.05, 3.63) is 0 Å². The van der Waals surface area contributed by atoms with Crippen LogP contribution in [0.15, 0.2) is 0 Å². The van der Waals surface area contributed by atoms with Crippen molar-refractivity contribution in [2.24, 2.45) is 5.92 Å². The molecule has 2 heterocycles. The second-order valence-electron chi connectivity index (χ2n) is 5.39. The highest BCUT2D eigenvalue weighted by atomic mass is 32.2. The minimum absolute atomic E-state index is 0.0120. The van der Waals surface area contributed by atoms with Gasteiger partial charge in [-0.15, -0.1) is 0 Å². The molecule has 2 rings (SSSR count). The molecule has 0 N–H and O–H groups in total. The fraction of sp³-hybridized carbons (Fsp3) is 0.909. The van der Waals surface area contributed by atoms with Gasteiger partial charge >= 0.3 is 0 Å². The van der Waals surface area contributed by atoms with Gasteiger partial charge in [-0.2, -0.15) is 8.42 Å². The second kappa shape index (κ2) is 4.18. The van der Waals surface area contributed by atoms with E-state index in [1.165, 1.54) is 0 Å². The lowest BCUT2D eigenvalue weighted by Crippen LogP contribution is -2.73. The first-order valence-corrected chi connectivity index (χ1v) is 7.80. The summed E-state index contributed by atoms with van der Waals surface area (Å²) >= 11 is 0. The van der Waals surface area contributed by atoms with Crippen molar-refractivity contribution >= 4 is 16.0 Å². The first-order chi connectivity index (χ1) is 8.13. The number of carbonyl (C=O) groups is 1. The molecule has 0 aromatic carbocycles. The Hall–Kier alpha value is -0.660. The van der Waals surface area contributed by atoms with Gasteiger partial charge in [0.15, 0.2) is 0 Å². The van der Waals surface area contributed by atoms with Crippen LogP contribution in [0.5, 0.6) is 0 Å². The van der Waals surface area contributed by atoms with Gasteiger partial charge in [-0.1, -0.05) is 0 Å². The van der Waals surface area contributed by atoms with Crippen molar-refractivity contribution in [2.45, 2.75) is 45.1 Å². The summed E-state index contributed by atoms with van der Waals surface area (Å²) in [7, 11) is -3.54. The summed E-state index contributed by atoms with van der Waals surface area (Å²) < 4.78 is 32.7. The third kappa shape index (κ3) is 2.26. The molecule has 3 atom stereocenters. The van der Waals surface area contributed by atoms with E-state index in [0.717, 1.165) is 12.7 Å². The number of hydrogen-bond donors (Lipinski definition) is 0. The highest BCUT2D eigenvalue weighted by Gasteiger charge is 2.57. The number of nitrogens with zero attached hydrogens (tertiary/aromatic N) is 1. The predicted octanol–water partition coefficient (Wildman–Crippen LogP) is 0.335. The number of carbonyl (C=O) groups excluding carboxylic acids is 1. The average molecular weight is 277 g/mol. The van der Waals surface area contributed by atoms with Crippen molar-refractivity contribution in [1.29, 1.82) is 0 Å². The van der Waals surface area contributed by atoms with Gasteiger partial charge in [0.05, 0.1) is 30.9 Å². The van der Waals surface area contributed by atoms with Crippen LogP contribution in [0.1, 0.15) is 27.2 Å². The molecule has 0 aromatic heterocycles. The molecule has 2 fully saturated rings. The van der Waals surface area contributed by atoms with Crippen molar-refractivity contribution in [2.75, 3.05) is 12.9 Å². The molecular weight excluding hydrogens is 258 g/mol. The quantitative estimate of drug-likeness (QED) is 0.549. The topological polar surface area (TPSA) is 72.9 Å². The number of hydrogen-bond acceptors (Lipinski definition) is 5. The molecule has 0 saturated carbocycles. The smallest absolute Gasteiger partial charge is 0.264 e. The first kappa shape index (κ1) is 13.8. The van der Waals surface area contributed by atoms with E-state index in [2.05, 4.69) is 0 Å². The zero-order valence-electron chi connectivity index (χ0n) is 11.0. The van der Waals surface area contributed by atoms with Crippen LogP contribution in [0.4, 0.5) is 0 Å². The zero-order valence-corrected chi connectivity index (χ0v) is 11.9. The first-order valence-electron chi connectivity index (χ1n) is 5.99. The van der Waals surface area contributed by atoms with Gasteiger partial charge in [-0.05, 0) is 27.2 Å². The lowest BCUT2D eigenvalue weighted by Gasteiger charge is -2.58. The standard InChI is InChI=1S/C11H19NO5S/c1-7(17-18(4,14)15)9-8-5-6-16-11(2,3)12(8)10(9)13/h7-9H,5-6H2,1-4H3/t7?,8?,9-/m0/s1. The highest BCUT2D eigenvalue weighted by molar-refractivity contribution is 7.86. The minimum atomic E-state index is -3.54. The summed E-state index contributed by atoms with van der Waals surface area (Å²) in [6.45, 7) is 5.89. The maximum Gasteiger partial charge on any atom is 0.264 e. The monoisotopic (exact) mass is 277 g/mol. The Bertz CT molecular complexity index is 458. The Morgan fingerprint density at radius 2 is 2.11 bits per heavy atom. The Kier molecular flexibility index (Phi) is 3.19. The number of β-lactam (4-membered cyclic amide) rings is 1. The summed E-state index contributed by atoms with van der Waals surface area (Å²) in [4.78, 5) is 13.8. The molecule has 6 nitrogen and oxygen atoms in total. The van der Waals surface area contributed by atoms with E-state index in [1.807, 2.05) is 13.8 Å². The van der Waals surface area contributed by atoms with Crippen LogP contribution in [-0.4, -0.2) is 50.0 Å². The van der Waals surface area contributed by atoms with Crippen LogP contribution in [-0.2, 0) is 23.8 Å². The van der Waals surface area contributed by atoms with Crippen LogP contribution in [0.3, 0.4) is 0 Å². The van der Waals surface area contributed by atoms with E-state index in [1.54, 1.807) is 11.8 Å². The van der Waals surface area contributed by atoms with E-state index in [4.69, 9.17) is 8.92 Å². The highest BCUT2D eigenvalue weighted by Crippen LogP contribution is 2.42. The predicted molar refractivity (Wildman–Crippen MR) is 64.2 cm³/mol. The van der Waals surface area contributed by atoms with E-state index < -0.39 is 21.9 Å². The molecule has 104 valence electrons. The molecule has 0 aromatic rings. The third-order valence-electron chi connectivity index (χ3n) is 3.55. The van der Waals surface area contributed by atoms with E-state index >= 15 is 0 Å². The minimum Gasteiger partial charge on any atom is -0.356 e. The molecule has 2 saturated heterocycles. The molecule has 2 aliphatic heterocycles. The van der Waals surface area contributed by atoms with Crippen molar-refractivity contribution in [3.63, 3.8) is 0 Å². The van der Waals surface area contributed by atoms with E-state index in [-0.39, 0.29) is 17.9 Å². The van der Waals surface area contributed by atoms with Gasteiger partial charge in [0.2, 0.25) is 5.91 Å². The maximum atomic E-state index is 12.1. The largest absolute Gasteiger partial charge is 0.356 e. The van der Waals surface area contributed by atoms with Crippen LogP contribution < -0.4 is 0 Å².